The highest BCUT2D eigenvalue weighted by atomic mass is 79.9. The number of alkyl halides is 2. The van der Waals surface area contributed by atoms with Crippen molar-refractivity contribution in [3.8, 4) is 0 Å². The van der Waals surface area contributed by atoms with Gasteiger partial charge >= 0.3 is 0 Å². The van der Waals surface area contributed by atoms with Gasteiger partial charge in [-0.1, -0.05) is 172 Å². The van der Waals surface area contributed by atoms with Crippen LogP contribution in [0.3, 0.4) is 0 Å². The summed E-state index contributed by atoms with van der Waals surface area (Å²) in [5, 5.41) is 6.78. The summed E-state index contributed by atoms with van der Waals surface area (Å²) >= 11 is 8.99. The molecule has 5 heterocycles. The van der Waals surface area contributed by atoms with Crippen molar-refractivity contribution in [1.82, 2.24) is 54.6 Å². The quantitative estimate of drug-likeness (QED) is 0.0921. The number of nitrogens with one attached hydrogen (secondary N) is 3. The molecular weight excluding hydrogens is 1120 g/mol. The van der Waals surface area contributed by atoms with Crippen LogP contribution in [-0.4, -0.2) is 85.5 Å². The summed E-state index contributed by atoms with van der Waals surface area (Å²) in [4.78, 5) is 35.3. The van der Waals surface area contributed by atoms with E-state index in [1.807, 2.05) is 54.6 Å². The molecule has 3 saturated carbocycles. The number of hydrogen-bond acceptors (Lipinski definition) is 8. The van der Waals surface area contributed by atoms with Crippen molar-refractivity contribution < 1.29 is 0 Å². The van der Waals surface area contributed by atoms with Gasteiger partial charge in [0.05, 0.1) is 81.0 Å². The van der Waals surface area contributed by atoms with Crippen LogP contribution in [-0.2, 0) is 30.8 Å². The molecule has 3 N–H and O–H groups in total. The van der Waals surface area contributed by atoms with E-state index in [4.69, 9.17) is 26.6 Å². The smallest absolute Gasteiger partial charge is 0.124 e. The van der Waals surface area contributed by atoms with Crippen LogP contribution >= 0.6 is 27.5 Å². The van der Waals surface area contributed by atoms with E-state index in [0.29, 0.717) is 30.0 Å². The molecule has 0 saturated heterocycles. The number of para-hydroxylation sites is 8. The predicted octanol–water partition coefficient (Wildman–Crippen LogP) is 18.0. The maximum absolute atomic E-state index is 5.60. The molecule has 0 amide bonds. The average molecular weight is 1210 g/mol. The van der Waals surface area contributed by atoms with Crippen molar-refractivity contribution in [2.45, 2.75) is 205 Å². The number of nitrogens with zero attached hydrogens (tertiary/aromatic N) is 8. The zero-order chi connectivity index (χ0) is 58.6. The highest BCUT2D eigenvalue weighted by Gasteiger charge is 2.27. The van der Waals surface area contributed by atoms with Gasteiger partial charge in [-0.25, -0.2) is 15.0 Å². The molecule has 84 heavy (non-hydrogen) atoms. The summed E-state index contributed by atoms with van der Waals surface area (Å²) in [5.74, 6) is 3.52. The molecule has 0 unspecified atom stereocenters. The van der Waals surface area contributed by atoms with Crippen LogP contribution in [0.15, 0.2) is 146 Å². The Morgan fingerprint density at radius 2 is 0.940 bits per heavy atom. The van der Waals surface area contributed by atoms with Crippen LogP contribution in [0.25, 0.3) is 54.9 Å². The number of benzene rings is 5. The number of H-pyrrole nitrogens is 2. The first-order valence-corrected chi connectivity index (χ1v) is 33.1. The zero-order valence-corrected chi connectivity index (χ0v) is 53.1. The molecule has 0 atom stereocenters. The number of imidazole rings is 3. The van der Waals surface area contributed by atoms with Crippen molar-refractivity contribution >= 4 is 82.4 Å². The molecule has 444 valence electrons. The largest absolute Gasteiger partial charge is 0.341 e. The van der Waals surface area contributed by atoms with Crippen LogP contribution in [0.4, 0.5) is 0 Å². The van der Waals surface area contributed by atoms with E-state index >= 15 is 0 Å². The second-order valence-electron chi connectivity index (χ2n) is 24.0. The molecule has 5 aromatic carbocycles. The maximum Gasteiger partial charge on any atom is 0.124 e. The van der Waals surface area contributed by atoms with Crippen LogP contribution in [0.5, 0.6) is 0 Å². The van der Waals surface area contributed by atoms with Gasteiger partial charge in [-0.05, 0) is 127 Å². The van der Waals surface area contributed by atoms with Gasteiger partial charge in [0.15, 0.2) is 0 Å². The molecule has 0 radical (unpaired) electrons. The van der Waals surface area contributed by atoms with Crippen LogP contribution in [0.2, 0.25) is 0 Å². The summed E-state index contributed by atoms with van der Waals surface area (Å²) < 4.78 is 2.38. The van der Waals surface area contributed by atoms with Crippen LogP contribution < -0.4 is 5.32 Å². The van der Waals surface area contributed by atoms with E-state index in [1.54, 1.807) is 0 Å². The van der Waals surface area contributed by atoms with E-state index in [1.165, 1.54) is 113 Å². The van der Waals surface area contributed by atoms with Crippen LogP contribution in [0.1, 0.15) is 167 Å². The third kappa shape index (κ3) is 17.8. The Bertz CT molecular complexity index is 3480. The molecular formula is C71H91BrClN11. The Kier molecular flexibility index (Phi) is 23.8. The molecule has 0 spiro atoms. The van der Waals surface area contributed by atoms with E-state index in [2.05, 4.69) is 188 Å². The van der Waals surface area contributed by atoms with Crippen molar-refractivity contribution in [2.75, 3.05) is 0 Å². The number of hydrogen-bond donors (Lipinski definition) is 3. The second-order valence-corrected chi connectivity index (χ2v) is 24.9. The highest BCUT2D eigenvalue weighted by molar-refractivity contribution is 9.08. The van der Waals surface area contributed by atoms with E-state index in [-0.39, 0.29) is 0 Å². The van der Waals surface area contributed by atoms with E-state index in [0.717, 1.165) is 105 Å². The van der Waals surface area contributed by atoms with Gasteiger partial charge < -0.3 is 19.9 Å². The van der Waals surface area contributed by atoms with Gasteiger partial charge in [-0.2, -0.15) is 0 Å². The highest BCUT2D eigenvalue weighted by Crippen LogP contribution is 2.29. The first-order valence-electron chi connectivity index (χ1n) is 31.4. The second kappa shape index (κ2) is 31.9. The third-order valence-corrected chi connectivity index (χ3v) is 17.6. The number of fused-ring (bicyclic) bond motifs is 5. The molecule has 3 fully saturated rings. The van der Waals surface area contributed by atoms with Gasteiger partial charge in [0.25, 0.3) is 0 Å². The minimum absolute atomic E-state index is 0.439. The molecule has 11 nitrogen and oxygen atoms in total. The fourth-order valence-electron chi connectivity index (χ4n) is 12.5. The normalized spacial score (nSPS) is 15.3. The number of rotatable bonds is 14. The Labute approximate surface area is 513 Å². The van der Waals surface area contributed by atoms with Gasteiger partial charge in [0, 0.05) is 52.4 Å². The molecule has 3 aliphatic carbocycles. The molecule has 5 aromatic heterocycles. The van der Waals surface area contributed by atoms with Gasteiger partial charge in [-0.15, -0.1) is 11.6 Å². The lowest BCUT2D eigenvalue weighted by Crippen LogP contribution is -2.41. The Hall–Kier alpha value is -6.02. The Balaban J connectivity index is 0.000000137. The van der Waals surface area contributed by atoms with Crippen LogP contribution in [0, 0.1) is 0 Å². The minimum Gasteiger partial charge on any atom is -0.341 e. The fourth-order valence-corrected chi connectivity index (χ4v) is 12.9. The van der Waals surface area contributed by atoms with Crippen molar-refractivity contribution in [3.05, 3.63) is 174 Å². The summed E-state index contributed by atoms with van der Waals surface area (Å²) in [5.41, 5.74) is 10.8. The molecule has 0 bridgehead atoms. The Morgan fingerprint density at radius 3 is 1.46 bits per heavy atom. The van der Waals surface area contributed by atoms with E-state index in [9.17, 15) is 0 Å². The van der Waals surface area contributed by atoms with E-state index < -0.39 is 0 Å². The van der Waals surface area contributed by atoms with Gasteiger partial charge in [0.1, 0.15) is 17.5 Å². The van der Waals surface area contributed by atoms with Crippen molar-refractivity contribution in [3.63, 3.8) is 0 Å². The number of pyridine rings is 2. The summed E-state index contributed by atoms with van der Waals surface area (Å²) in [6.45, 7) is 16.3. The standard InChI is InChI=1S/C27H32N4.C17H25N3.C10H8BrN.C9H19N.C8H7ClN2/c1-20(2)30(23-11-4-3-5-12-23)19-27-29-25-14-8-9-15-26(25)31(27)18-22-17-16-21-10-6-7-13-24(21)28-22;1-13(2)20(14-8-4-3-5-9-14)12-17-18-15-10-6-7-11-16(15)19-17;11-7-9-6-5-8-3-1-2-4-10(8)12-9;1-8(2)10-9-6-4-3-5-7-9;9-5-8-10-6-3-1-2-4-7(6)11-8/h6-10,13-17,20,23H,3-5,11-12,18-19H2,1-2H3;6-7,10-11,13-14H,3-5,8-9,12H2,1-2H3,(H,18,19);1-6H,7H2;8-10H,3-7H2,1-2H3;1-4H,5H2,(H,10,11). The fraction of sp³-hybridized carbons (Fsp3) is 0.451. The molecule has 0 aliphatic heterocycles. The SMILES string of the molecule is BrCc1ccc2ccccc2n1.CC(C)N(Cc1nc2ccccc2[nH]1)C1CCCCC1.CC(C)N(Cc1nc2ccccc2n1Cc1ccc2ccccc2n1)C1CCCCC1.CC(C)NC1CCCCC1.ClCc1nc2ccccc2[nH]1. The lowest BCUT2D eigenvalue weighted by molar-refractivity contribution is 0.108. The number of aromatic nitrogens is 8. The molecule has 13 heteroatoms. The lowest BCUT2D eigenvalue weighted by Gasteiger charge is -2.37. The summed E-state index contributed by atoms with van der Waals surface area (Å²) in [7, 11) is 0. The zero-order valence-electron chi connectivity index (χ0n) is 50.8. The van der Waals surface area contributed by atoms with Crippen molar-refractivity contribution in [1.29, 1.82) is 0 Å². The monoisotopic (exact) mass is 1210 g/mol. The summed E-state index contributed by atoms with van der Waals surface area (Å²) in [6, 6.07) is 53.6. The van der Waals surface area contributed by atoms with Crippen molar-refractivity contribution in [2.24, 2.45) is 0 Å². The van der Waals surface area contributed by atoms with Gasteiger partial charge in [0.2, 0.25) is 0 Å². The maximum atomic E-state index is 5.60. The molecule has 3 aliphatic rings. The van der Waals surface area contributed by atoms with Gasteiger partial charge in [-0.3, -0.25) is 19.8 Å². The third-order valence-electron chi connectivity index (χ3n) is 16.8. The summed E-state index contributed by atoms with van der Waals surface area (Å²) in [6.07, 6.45) is 20.7. The molecule has 13 rings (SSSR count). The number of halogens is 2. The lowest BCUT2D eigenvalue weighted by atomic mass is 9.93. The first-order chi connectivity index (χ1) is 41.0. The minimum atomic E-state index is 0.439. The number of aromatic amines is 2. The average Bonchev–Trinajstić information content (AvgIpc) is 4.04. The molecule has 10 aromatic rings. The first kappa shape index (κ1) is 62.5. The topological polar surface area (TPSA) is 119 Å². The Morgan fingerprint density at radius 1 is 0.488 bits per heavy atom. The predicted molar refractivity (Wildman–Crippen MR) is 357 cm³/mol.